The summed E-state index contributed by atoms with van der Waals surface area (Å²) in [6.07, 6.45) is 6.79. The molecule has 96 valence electrons. The first-order valence-corrected chi connectivity index (χ1v) is 6.64. The van der Waals surface area contributed by atoms with Gasteiger partial charge in [-0.2, -0.15) is 5.10 Å². The molecule has 0 bridgehead atoms. The molecule has 17 heavy (non-hydrogen) atoms. The summed E-state index contributed by atoms with van der Waals surface area (Å²) in [7, 11) is 0. The maximum absolute atomic E-state index is 9.37. The van der Waals surface area contributed by atoms with Crippen LogP contribution >= 0.6 is 0 Å². The molecule has 4 heteroatoms. The lowest BCUT2D eigenvalue weighted by Gasteiger charge is -2.31. The van der Waals surface area contributed by atoms with E-state index in [0.717, 1.165) is 12.2 Å². The van der Waals surface area contributed by atoms with Crippen molar-refractivity contribution in [3.05, 3.63) is 18.0 Å². The standard InChI is InChI=1S/C13H23N3O/c1-10(13-6-7-15-16-13)14-8-11-4-2-3-5-12(11)9-17/h6-7,10-12,14,17H,2-5,8-9H2,1H3,(H,15,16). The zero-order valence-electron chi connectivity index (χ0n) is 10.5. The number of aliphatic hydroxyl groups excluding tert-OH is 1. The van der Waals surface area contributed by atoms with Crippen molar-refractivity contribution in [2.45, 2.75) is 38.6 Å². The van der Waals surface area contributed by atoms with E-state index in [1.165, 1.54) is 25.7 Å². The molecule has 4 nitrogen and oxygen atoms in total. The monoisotopic (exact) mass is 237 g/mol. The van der Waals surface area contributed by atoms with Gasteiger partial charge in [0.15, 0.2) is 0 Å². The van der Waals surface area contributed by atoms with Crippen LogP contribution in [-0.4, -0.2) is 28.5 Å². The highest BCUT2D eigenvalue weighted by Crippen LogP contribution is 2.29. The smallest absolute Gasteiger partial charge is 0.0518 e. The first-order chi connectivity index (χ1) is 8.31. The topological polar surface area (TPSA) is 60.9 Å². The number of aliphatic hydroxyl groups is 1. The lowest BCUT2D eigenvalue weighted by atomic mass is 9.79. The number of hydrogen-bond donors (Lipinski definition) is 3. The first kappa shape index (κ1) is 12.6. The SMILES string of the molecule is CC(NCC1CCCCC1CO)c1ccn[nH]1. The lowest BCUT2D eigenvalue weighted by Crippen LogP contribution is -2.33. The second kappa shape index (κ2) is 6.17. The Morgan fingerprint density at radius 1 is 1.47 bits per heavy atom. The zero-order chi connectivity index (χ0) is 12.1. The van der Waals surface area contributed by atoms with Crippen LogP contribution in [0.1, 0.15) is 44.3 Å². The summed E-state index contributed by atoms with van der Waals surface area (Å²) in [6.45, 7) is 3.47. The molecule has 1 aliphatic rings. The molecule has 0 radical (unpaired) electrons. The molecule has 0 aromatic carbocycles. The Labute approximate surface area is 103 Å². The molecule has 3 N–H and O–H groups in total. The van der Waals surface area contributed by atoms with Crippen molar-refractivity contribution in [3.63, 3.8) is 0 Å². The number of nitrogens with zero attached hydrogens (tertiary/aromatic N) is 1. The molecule has 0 saturated heterocycles. The minimum Gasteiger partial charge on any atom is -0.396 e. The van der Waals surface area contributed by atoms with Crippen molar-refractivity contribution in [1.82, 2.24) is 15.5 Å². The molecule has 1 saturated carbocycles. The molecule has 3 unspecified atom stereocenters. The summed E-state index contributed by atoms with van der Waals surface area (Å²) in [4.78, 5) is 0. The number of aromatic amines is 1. The van der Waals surface area contributed by atoms with Gasteiger partial charge in [0.2, 0.25) is 0 Å². The molecule has 1 aromatic rings. The summed E-state index contributed by atoms with van der Waals surface area (Å²) in [6, 6.07) is 2.31. The van der Waals surface area contributed by atoms with Gasteiger partial charge in [-0.25, -0.2) is 0 Å². The molecule has 1 heterocycles. The van der Waals surface area contributed by atoms with Gasteiger partial charge in [0.05, 0.1) is 5.69 Å². The highest BCUT2D eigenvalue weighted by molar-refractivity contribution is 5.02. The van der Waals surface area contributed by atoms with E-state index in [2.05, 4.69) is 22.4 Å². The molecule has 0 amide bonds. The quantitative estimate of drug-likeness (QED) is 0.732. The summed E-state index contributed by atoms with van der Waals surface area (Å²) >= 11 is 0. The van der Waals surface area contributed by atoms with E-state index in [-0.39, 0.29) is 0 Å². The van der Waals surface area contributed by atoms with Gasteiger partial charge < -0.3 is 10.4 Å². The van der Waals surface area contributed by atoms with Crippen LogP contribution in [0.25, 0.3) is 0 Å². The third-order valence-electron chi connectivity index (χ3n) is 3.98. The van der Waals surface area contributed by atoms with Crippen LogP contribution in [0.4, 0.5) is 0 Å². The van der Waals surface area contributed by atoms with E-state index in [1.807, 2.05) is 6.07 Å². The van der Waals surface area contributed by atoms with Gasteiger partial charge in [-0.3, -0.25) is 5.10 Å². The molecule has 0 aliphatic heterocycles. The molecular weight excluding hydrogens is 214 g/mol. The first-order valence-electron chi connectivity index (χ1n) is 6.64. The minimum absolute atomic E-state index is 0.304. The molecule has 2 rings (SSSR count). The van der Waals surface area contributed by atoms with Crippen molar-refractivity contribution in [2.75, 3.05) is 13.2 Å². The number of H-pyrrole nitrogens is 1. The van der Waals surface area contributed by atoms with Gasteiger partial charge in [0.1, 0.15) is 0 Å². The number of aromatic nitrogens is 2. The second-order valence-electron chi connectivity index (χ2n) is 5.13. The van der Waals surface area contributed by atoms with Crippen LogP contribution < -0.4 is 5.32 Å². The normalized spacial score (nSPS) is 26.9. The van der Waals surface area contributed by atoms with Gasteiger partial charge in [0, 0.05) is 18.8 Å². The van der Waals surface area contributed by atoms with Gasteiger partial charge in [-0.05, 0) is 44.2 Å². The Morgan fingerprint density at radius 2 is 2.24 bits per heavy atom. The number of rotatable bonds is 5. The fraction of sp³-hybridized carbons (Fsp3) is 0.769. The van der Waals surface area contributed by atoms with E-state index in [4.69, 9.17) is 0 Å². The molecule has 0 spiro atoms. The third kappa shape index (κ3) is 3.30. The van der Waals surface area contributed by atoms with Gasteiger partial charge in [0.25, 0.3) is 0 Å². The maximum Gasteiger partial charge on any atom is 0.0518 e. The Morgan fingerprint density at radius 3 is 2.88 bits per heavy atom. The predicted molar refractivity (Wildman–Crippen MR) is 67.5 cm³/mol. The molecule has 1 fully saturated rings. The average molecular weight is 237 g/mol. The highest BCUT2D eigenvalue weighted by atomic mass is 16.3. The van der Waals surface area contributed by atoms with Crippen molar-refractivity contribution in [2.24, 2.45) is 11.8 Å². The Hall–Kier alpha value is -0.870. The van der Waals surface area contributed by atoms with Crippen molar-refractivity contribution >= 4 is 0 Å². The van der Waals surface area contributed by atoms with Gasteiger partial charge in [-0.15, -0.1) is 0 Å². The summed E-state index contributed by atoms with van der Waals surface area (Å²) < 4.78 is 0. The Kier molecular flexibility index (Phi) is 4.57. The minimum atomic E-state index is 0.304. The number of nitrogens with one attached hydrogen (secondary N) is 2. The fourth-order valence-electron chi connectivity index (χ4n) is 2.74. The highest BCUT2D eigenvalue weighted by Gasteiger charge is 2.24. The van der Waals surface area contributed by atoms with Crippen molar-refractivity contribution in [1.29, 1.82) is 0 Å². The van der Waals surface area contributed by atoms with Crippen molar-refractivity contribution in [3.8, 4) is 0 Å². The Balaban J connectivity index is 1.80. The van der Waals surface area contributed by atoms with Crippen LogP contribution in [0.15, 0.2) is 12.3 Å². The van der Waals surface area contributed by atoms with Crippen LogP contribution in [0, 0.1) is 11.8 Å². The van der Waals surface area contributed by atoms with E-state index >= 15 is 0 Å². The molecule has 1 aliphatic carbocycles. The van der Waals surface area contributed by atoms with E-state index in [9.17, 15) is 5.11 Å². The molecular formula is C13H23N3O. The predicted octanol–water partition coefficient (Wildman–Crippen LogP) is 1.86. The fourth-order valence-corrected chi connectivity index (χ4v) is 2.74. The Bertz CT molecular complexity index is 312. The average Bonchev–Trinajstić information content (AvgIpc) is 2.90. The number of hydrogen-bond acceptors (Lipinski definition) is 3. The van der Waals surface area contributed by atoms with Gasteiger partial charge >= 0.3 is 0 Å². The zero-order valence-corrected chi connectivity index (χ0v) is 10.5. The van der Waals surface area contributed by atoms with E-state index < -0.39 is 0 Å². The summed E-state index contributed by atoms with van der Waals surface area (Å²) in [5.41, 5.74) is 1.13. The maximum atomic E-state index is 9.37. The lowest BCUT2D eigenvalue weighted by molar-refractivity contribution is 0.131. The largest absolute Gasteiger partial charge is 0.396 e. The van der Waals surface area contributed by atoms with Gasteiger partial charge in [-0.1, -0.05) is 12.8 Å². The van der Waals surface area contributed by atoms with E-state index in [0.29, 0.717) is 24.5 Å². The second-order valence-corrected chi connectivity index (χ2v) is 5.13. The van der Waals surface area contributed by atoms with Crippen LogP contribution in [0.5, 0.6) is 0 Å². The van der Waals surface area contributed by atoms with Crippen molar-refractivity contribution < 1.29 is 5.11 Å². The van der Waals surface area contributed by atoms with Crippen LogP contribution in [-0.2, 0) is 0 Å². The van der Waals surface area contributed by atoms with E-state index in [1.54, 1.807) is 6.20 Å². The van der Waals surface area contributed by atoms with Crippen LogP contribution in [0.2, 0.25) is 0 Å². The molecule has 3 atom stereocenters. The third-order valence-corrected chi connectivity index (χ3v) is 3.98. The van der Waals surface area contributed by atoms with Crippen LogP contribution in [0.3, 0.4) is 0 Å². The summed E-state index contributed by atoms with van der Waals surface area (Å²) in [5, 5.41) is 19.9. The molecule has 1 aromatic heterocycles. The summed E-state index contributed by atoms with van der Waals surface area (Å²) in [5.74, 6) is 1.12.